The van der Waals surface area contributed by atoms with Gasteiger partial charge in [0.05, 0.1) is 6.07 Å². The number of rotatable bonds is 3. The molecule has 1 aromatic carbocycles. The molecule has 0 aliphatic carbocycles. The summed E-state index contributed by atoms with van der Waals surface area (Å²) in [5.41, 5.74) is 0.966. The molecule has 0 heterocycles. The van der Waals surface area contributed by atoms with Gasteiger partial charge >= 0.3 is 0 Å². The zero-order chi connectivity index (χ0) is 10.6. The van der Waals surface area contributed by atoms with Crippen LogP contribution >= 0.6 is 15.9 Å². The highest BCUT2D eigenvalue weighted by atomic mass is 79.9. The number of anilines is 1. The minimum atomic E-state index is -0.145. The smallest absolute Gasteiger partial charge is 0.116 e. The van der Waals surface area contributed by atoms with Gasteiger partial charge in [0.2, 0.25) is 0 Å². The van der Waals surface area contributed by atoms with Gasteiger partial charge in [-0.05, 0) is 34.0 Å². The van der Waals surface area contributed by atoms with E-state index in [-0.39, 0.29) is 6.04 Å². The van der Waals surface area contributed by atoms with Crippen molar-refractivity contribution in [3.8, 4) is 6.07 Å². The van der Waals surface area contributed by atoms with Crippen molar-refractivity contribution >= 4 is 21.6 Å². The number of nitrogens with zero attached hydrogens (tertiary/aromatic N) is 1. The van der Waals surface area contributed by atoms with Crippen LogP contribution in [-0.2, 0) is 0 Å². The molecule has 3 heteroatoms. The monoisotopic (exact) mass is 252 g/mol. The SMILES string of the molecule is CC(C)C(C#N)Nc1ccccc1Br. The molecule has 1 N–H and O–H groups in total. The van der Waals surface area contributed by atoms with Crippen molar-refractivity contribution in [1.82, 2.24) is 0 Å². The van der Waals surface area contributed by atoms with E-state index in [0.29, 0.717) is 5.92 Å². The molecule has 1 aromatic rings. The molecule has 0 saturated heterocycles. The van der Waals surface area contributed by atoms with Crippen LogP contribution in [0.2, 0.25) is 0 Å². The fraction of sp³-hybridized carbons (Fsp3) is 0.364. The fourth-order valence-corrected chi connectivity index (χ4v) is 1.49. The molecule has 1 unspecified atom stereocenters. The average Bonchev–Trinajstić information content (AvgIpc) is 2.16. The molecule has 74 valence electrons. The van der Waals surface area contributed by atoms with Gasteiger partial charge in [0.15, 0.2) is 0 Å². The highest BCUT2D eigenvalue weighted by molar-refractivity contribution is 9.10. The summed E-state index contributed by atoms with van der Waals surface area (Å²) < 4.78 is 0.987. The van der Waals surface area contributed by atoms with Crippen molar-refractivity contribution in [2.45, 2.75) is 19.9 Å². The van der Waals surface area contributed by atoms with Crippen LogP contribution < -0.4 is 5.32 Å². The summed E-state index contributed by atoms with van der Waals surface area (Å²) in [4.78, 5) is 0. The second-order valence-corrected chi connectivity index (χ2v) is 4.33. The van der Waals surface area contributed by atoms with Crippen molar-refractivity contribution in [3.05, 3.63) is 28.7 Å². The van der Waals surface area contributed by atoms with Gasteiger partial charge in [0.1, 0.15) is 6.04 Å². The van der Waals surface area contributed by atoms with E-state index in [4.69, 9.17) is 5.26 Å². The lowest BCUT2D eigenvalue weighted by Gasteiger charge is -2.17. The topological polar surface area (TPSA) is 35.8 Å². The number of halogens is 1. The molecule has 2 nitrogen and oxygen atoms in total. The summed E-state index contributed by atoms with van der Waals surface area (Å²) in [7, 11) is 0. The molecule has 0 radical (unpaired) electrons. The van der Waals surface area contributed by atoms with Crippen molar-refractivity contribution in [3.63, 3.8) is 0 Å². The van der Waals surface area contributed by atoms with Gasteiger partial charge in [-0.25, -0.2) is 0 Å². The molecule has 0 spiro atoms. The van der Waals surface area contributed by atoms with E-state index in [2.05, 4.69) is 27.3 Å². The second-order valence-electron chi connectivity index (χ2n) is 3.47. The van der Waals surface area contributed by atoms with Crippen molar-refractivity contribution in [2.75, 3.05) is 5.32 Å². The molecule has 1 rings (SSSR count). The number of benzene rings is 1. The average molecular weight is 253 g/mol. The number of hydrogen-bond donors (Lipinski definition) is 1. The van der Waals surface area contributed by atoms with Crippen LogP contribution in [0.5, 0.6) is 0 Å². The Morgan fingerprint density at radius 3 is 2.50 bits per heavy atom. The van der Waals surface area contributed by atoms with E-state index in [1.807, 2.05) is 38.1 Å². The third-order valence-corrected chi connectivity index (χ3v) is 2.68. The molecular formula is C11H13BrN2. The third kappa shape index (κ3) is 2.74. The molecule has 14 heavy (non-hydrogen) atoms. The van der Waals surface area contributed by atoms with Gasteiger partial charge in [-0.1, -0.05) is 26.0 Å². The quantitative estimate of drug-likeness (QED) is 0.895. The number of hydrogen-bond acceptors (Lipinski definition) is 2. The summed E-state index contributed by atoms with van der Waals surface area (Å²) in [5.74, 6) is 0.298. The Bertz CT molecular complexity index is 341. The lowest BCUT2D eigenvalue weighted by atomic mass is 10.1. The third-order valence-electron chi connectivity index (χ3n) is 1.99. The zero-order valence-electron chi connectivity index (χ0n) is 8.29. The molecule has 0 amide bonds. The Morgan fingerprint density at radius 1 is 1.36 bits per heavy atom. The first-order valence-corrected chi connectivity index (χ1v) is 5.35. The van der Waals surface area contributed by atoms with Crippen LogP contribution in [0.3, 0.4) is 0 Å². The molecule has 0 bridgehead atoms. The lowest BCUT2D eigenvalue weighted by Crippen LogP contribution is -2.23. The van der Waals surface area contributed by atoms with Crippen molar-refractivity contribution < 1.29 is 0 Å². The molecule has 0 aliphatic rings. The maximum absolute atomic E-state index is 8.92. The standard InChI is InChI=1S/C11H13BrN2/c1-8(2)11(7-13)14-10-6-4-3-5-9(10)12/h3-6,8,11,14H,1-2H3. The van der Waals surface area contributed by atoms with Crippen LogP contribution in [0.15, 0.2) is 28.7 Å². The highest BCUT2D eigenvalue weighted by Crippen LogP contribution is 2.23. The molecule has 0 aliphatic heterocycles. The Hall–Kier alpha value is -1.01. The van der Waals surface area contributed by atoms with Crippen LogP contribution in [0, 0.1) is 17.2 Å². The Kier molecular flexibility index (Phi) is 3.97. The van der Waals surface area contributed by atoms with E-state index >= 15 is 0 Å². The van der Waals surface area contributed by atoms with Crippen LogP contribution in [0.25, 0.3) is 0 Å². The van der Waals surface area contributed by atoms with Gasteiger partial charge in [-0.3, -0.25) is 0 Å². The van der Waals surface area contributed by atoms with Crippen LogP contribution in [0.4, 0.5) is 5.69 Å². The van der Waals surface area contributed by atoms with Gasteiger partial charge < -0.3 is 5.32 Å². The summed E-state index contributed by atoms with van der Waals surface area (Å²) in [6, 6.07) is 9.91. The van der Waals surface area contributed by atoms with Gasteiger partial charge in [0, 0.05) is 10.2 Å². The summed E-state index contributed by atoms with van der Waals surface area (Å²) >= 11 is 3.43. The maximum atomic E-state index is 8.92. The number of nitriles is 1. The second kappa shape index (κ2) is 5.02. The van der Waals surface area contributed by atoms with Gasteiger partial charge in [-0.2, -0.15) is 5.26 Å². The van der Waals surface area contributed by atoms with Crippen molar-refractivity contribution in [1.29, 1.82) is 5.26 Å². The Balaban J connectivity index is 2.78. The largest absolute Gasteiger partial charge is 0.369 e. The molecule has 0 saturated carbocycles. The minimum absolute atomic E-state index is 0.145. The van der Waals surface area contributed by atoms with Crippen molar-refractivity contribution in [2.24, 2.45) is 5.92 Å². The van der Waals surface area contributed by atoms with E-state index in [1.165, 1.54) is 0 Å². The van der Waals surface area contributed by atoms with Crippen LogP contribution in [-0.4, -0.2) is 6.04 Å². The van der Waals surface area contributed by atoms with Crippen LogP contribution in [0.1, 0.15) is 13.8 Å². The van der Waals surface area contributed by atoms with E-state index < -0.39 is 0 Å². The molecular weight excluding hydrogens is 240 g/mol. The number of para-hydroxylation sites is 1. The van der Waals surface area contributed by atoms with E-state index in [1.54, 1.807) is 0 Å². The van der Waals surface area contributed by atoms with E-state index in [9.17, 15) is 0 Å². The van der Waals surface area contributed by atoms with E-state index in [0.717, 1.165) is 10.2 Å². The fourth-order valence-electron chi connectivity index (χ4n) is 1.09. The maximum Gasteiger partial charge on any atom is 0.116 e. The first kappa shape index (κ1) is 11.1. The summed E-state index contributed by atoms with van der Waals surface area (Å²) in [6.07, 6.45) is 0. The summed E-state index contributed by atoms with van der Waals surface area (Å²) in [5, 5.41) is 12.1. The van der Waals surface area contributed by atoms with Gasteiger partial charge in [-0.15, -0.1) is 0 Å². The lowest BCUT2D eigenvalue weighted by molar-refractivity contribution is 0.609. The first-order valence-electron chi connectivity index (χ1n) is 4.56. The predicted molar refractivity (Wildman–Crippen MR) is 62.0 cm³/mol. The number of nitrogens with one attached hydrogen (secondary N) is 1. The zero-order valence-corrected chi connectivity index (χ0v) is 9.88. The van der Waals surface area contributed by atoms with Gasteiger partial charge in [0.25, 0.3) is 0 Å². The predicted octanol–water partition coefficient (Wildman–Crippen LogP) is 3.41. The minimum Gasteiger partial charge on any atom is -0.369 e. The summed E-state index contributed by atoms with van der Waals surface area (Å²) in [6.45, 7) is 4.05. The molecule has 1 atom stereocenters. The molecule has 0 aromatic heterocycles. The normalized spacial score (nSPS) is 12.2. The molecule has 0 fully saturated rings. The first-order chi connectivity index (χ1) is 6.65. The highest BCUT2D eigenvalue weighted by Gasteiger charge is 2.12. The Morgan fingerprint density at radius 2 is 2.00 bits per heavy atom. The Labute approximate surface area is 93.1 Å².